The van der Waals surface area contributed by atoms with E-state index in [0.717, 1.165) is 11.6 Å². The van der Waals surface area contributed by atoms with Crippen molar-refractivity contribution in [3.63, 3.8) is 0 Å². The summed E-state index contributed by atoms with van der Waals surface area (Å²) in [5.41, 5.74) is 2.28. The van der Waals surface area contributed by atoms with Gasteiger partial charge >= 0.3 is 0 Å². The first-order chi connectivity index (χ1) is 14.1. The Morgan fingerprint density at radius 1 is 1.03 bits per heavy atom. The van der Waals surface area contributed by atoms with Crippen LogP contribution in [0.3, 0.4) is 0 Å². The van der Waals surface area contributed by atoms with Crippen molar-refractivity contribution in [3.05, 3.63) is 72.3 Å². The minimum Gasteiger partial charge on any atom is -0.484 e. The molecule has 0 radical (unpaired) electrons. The van der Waals surface area contributed by atoms with Crippen molar-refractivity contribution in [1.82, 2.24) is 14.5 Å². The molecular formula is C22H23FN4O2. The van der Waals surface area contributed by atoms with Crippen molar-refractivity contribution >= 4 is 11.9 Å². The molecule has 0 aliphatic carbocycles. The van der Waals surface area contributed by atoms with Crippen LogP contribution in [0.1, 0.15) is 5.56 Å². The van der Waals surface area contributed by atoms with Crippen LogP contribution in [0.15, 0.2) is 60.9 Å². The van der Waals surface area contributed by atoms with Gasteiger partial charge in [0.05, 0.1) is 0 Å². The van der Waals surface area contributed by atoms with Crippen molar-refractivity contribution in [2.24, 2.45) is 0 Å². The number of rotatable bonds is 5. The van der Waals surface area contributed by atoms with Gasteiger partial charge in [-0.3, -0.25) is 9.36 Å². The molecule has 0 bridgehead atoms. The second-order valence-electron chi connectivity index (χ2n) is 7.04. The van der Waals surface area contributed by atoms with Gasteiger partial charge in [0.2, 0.25) is 5.95 Å². The van der Waals surface area contributed by atoms with Crippen LogP contribution >= 0.6 is 0 Å². The van der Waals surface area contributed by atoms with Crippen molar-refractivity contribution in [2.45, 2.75) is 6.92 Å². The van der Waals surface area contributed by atoms with Crippen LogP contribution in [0.4, 0.5) is 10.3 Å². The van der Waals surface area contributed by atoms with Crippen LogP contribution in [0.25, 0.3) is 5.69 Å². The number of halogens is 1. The standard InChI is InChI=1S/C22H23FN4O2/c1-17-2-6-19(7-3-17)27-11-10-24-22(27)26-14-12-25(13-15-26)21(28)16-29-20-8-4-18(23)5-9-20/h2-11H,12-16H2,1H3. The monoisotopic (exact) mass is 394 g/mol. The molecule has 1 saturated heterocycles. The molecule has 0 N–H and O–H groups in total. The summed E-state index contributed by atoms with van der Waals surface area (Å²) in [4.78, 5) is 20.9. The van der Waals surface area contributed by atoms with Crippen molar-refractivity contribution in [3.8, 4) is 11.4 Å². The van der Waals surface area contributed by atoms with Crippen molar-refractivity contribution < 1.29 is 13.9 Å². The minimum absolute atomic E-state index is 0.0520. The number of benzene rings is 2. The van der Waals surface area contributed by atoms with Gasteiger partial charge in [0, 0.05) is 44.3 Å². The fourth-order valence-electron chi connectivity index (χ4n) is 3.36. The lowest BCUT2D eigenvalue weighted by molar-refractivity contribution is -0.133. The molecule has 0 atom stereocenters. The summed E-state index contributed by atoms with van der Waals surface area (Å²) in [5, 5.41) is 0. The Morgan fingerprint density at radius 2 is 1.72 bits per heavy atom. The predicted octanol–water partition coefficient (Wildman–Crippen LogP) is 3.05. The molecule has 4 rings (SSSR count). The highest BCUT2D eigenvalue weighted by Crippen LogP contribution is 2.20. The number of hydrogen-bond donors (Lipinski definition) is 0. The van der Waals surface area contributed by atoms with Crippen LogP contribution in [0, 0.1) is 12.7 Å². The first-order valence-electron chi connectivity index (χ1n) is 9.61. The number of carbonyl (C=O) groups excluding carboxylic acids is 1. The van der Waals surface area contributed by atoms with Gasteiger partial charge < -0.3 is 14.5 Å². The van der Waals surface area contributed by atoms with E-state index in [4.69, 9.17) is 4.74 Å². The summed E-state index contributed by atoms with van der Waals surface area (Å²) >= 11 is 0. The third-order valence-corrected chi connectivity index (χ3v) is 5.02. The molecule has 1 fully saturated rings. The number of aryl methyl sites for hydroxylation is 1. The minimum atomic E-state index is -0.330. The molecule has 150 valence electrons. The average molecular weight is 394 g/mol. The van der Waals surface area contributed by atoms with Gasteiger partial charge in [0.15, 0.2) is 6.61 Å². The fourth-order valence-corrected chi connectivity index (χ4v) is 3.36. The summed E-state index contributed by atoms with van der Waals surface area (Å²) in [6.45, 7) is 4.62. The second kappa shape index (κ2) is 8.34. The molecule has 1 aliphatic heterocycles. The van der Waals surface area contributed by atoms with E-state index in [1.54, 1.807) is 11.1 Å². The Hall–Kier alpha value is -3.35. The smallest absolute Gasteiger partial charge is 0.260 e. The number of anilines is 1. The molecule has 29 heavy (non-hydrogen) atoms. The maximum Gasteiger partial charge on any atom is 0.260 e. The molecule has 7 heteroatoms. The summed E-state index contributed by atoms with van der Waals surface area (Å²) in [6, 6.07) is 14.0. The maximum absolute atomic E-state index is 12.9. The van der Waals surface area contributed by atoms with Crippen LogP contribution in [0.5, 0.6) is 5.75 Å². The Morgan fingerprint density at radius 3 is 2.41 bits per heavy atom. The lowest BCUT2D eigenvalue weighted by Crippen LogP contribution is -2.50. The zero-order valence-corrected chi connectivity index (χ0v) is 16.3. The summed E-state index contributed by atoms with van der Waals surface area (Å²) < 4.78 is 20.5. The quantitative estimate of drug-likeness (QED) is 0.668. The zero-order chi connectivity index (χ0) is 20.2. The number of nitrogens with zero attached hydrogens (tertiary/aromatic N) is 4. The third kappa shape index (κ3) is 4.39. The molecule has 1 aliphatic rings. The van der Waals surface area contributed by atoms with Gasteiger partial charge in [0.25, 0.3) is 5.91 Å². The number of imidazole rings is 1. The third-order valence-electron chi connectivity index (χ3n) is 5.02. The van der Waals surface area contributed by atoms with Gasteiger partial charge in [-0.2, -0.15) is 0 Å². The summed E-state index contributed by atoms with van der Waals surface area (Å²) in [7, 11) is 0. The van der Waals surface area contributed by atoms with E-state index in [1.165, 1.54) is 29.8 Å². The number of aromatic nitrogens is 2. The van der Waals surface area contributed by atoms with E-state index in [-0.39, 0.29) is 18.3 Å². The number of piperazine rings is 1. The van der Waals surface area contributed by atoms with Gasteiger partial charge in [-0.15, -0.1) is 0 Å². The number of ether oxygens (including phenoxy) is 1. The molecule has 0 spiro atoms. The highest BCUT2D eigenvalue weighted by molar-refractivity contribution is 5.78. The Labute approximate surface area is 169 Å². The maximum atomic E-state index is 12.9. The van der Waals surface area contributed by atoms with E-state index in [2.05, 4.69) is 45.6 Å². The first-order valence-corrected chi connectivity index (χ1v) is 9.61. The van der Waals surface area contributed by atoms with Crippen LogP contribution < -0.4 is 9.64 Å². The molecule has 3 aromatic rings. The summed E-state index contributed by atoms with van der Waals surface area (Å²) in [5.74, 6) is 0.960. The highest BCUT2D eigenvalue weighted by Gasteiger charge is 2.24. The fraction of sp³-hybridized carbons (Fsp3) is 0.273. The zero-order valence-electron chi connectivity index (χ0n) is 16.3. The van der Waals surface area contributed by atoms with Gasteiger partial charge in [-0.25, -0.2) is 9.37 Å². The molecule has 1 aromatic heterocycles. The number of amides is 1. The molecule has 0 saturated carbocycles. The topological polar surface area (TPSA) is 50.6 Å². The van der Waals surface area contributed by atoms with Gasteiger partial charge in [-0.1, -0.05) is 17.7 Å². The Bertz CT molecular complexity index is 961. The average Bonchev–Trinajstić information content (AvgIpc) is 3.24. The van der Waals surface area contributed by atoms with Crippen LogP contribution in [-0.4, -0.2) is 53.1 Å². The molecule has 1 amide bonds. The second-order valence-corrected chi connectivity index (χ2v) is 7.04. The number of carbonyl (C=O) groups is 1. The van der Waals surface area contributed by atoms with Gasteiger partial charge in [0.1, 0.15) is 11.6 Å². The van der Waals surface area contributed by atoms with E-state index in [0.29, 0.717) is 31.9 Å². The molecule has 6 nitrogen and oxygen atoms in total. The Balaban J connectivity index is 1.34. The molecule has 2 heterocycles. The SMILES string of the molecule is Cc1ccc(-n2ccnc2N2CCN(C(=O)COc3ccc(F)cc3)CC2)cc1. The lowest BCUT2D eigenvalue weighted by Gasteiger charge is -2.35. The van der Waals surface area contributed by atoms with Crippen LogP contribution in [0.2, 0.25) is 0 Å². The van der Waals surface area contributed by atoms with E-state index < -0.39 is 0 Å². The molecular weight excluding hydrogens is 371 g/mol. The van der Waals surface area contributed by atoms with E-state index in [1.807, 2.05) is 6.20 Å². The van der Waals surface area contributed by atoms with E-state index in [9.17, 15) is 9.18 Å². The van der Waals surface area contributed by atoms with Crippen LogP contribution in [-0.2, 0) is 4.79 Å². The largest absolute Gasteiger partial charge is 0.484 e. The van der Waals surface area contributed by atoms with E-state index >= 15 is 0 Å². The predicted molar refractivity (Wildman–Crippen MR) is 109 cm³/mol. The Kier molecular flexibility index (Phi) is 5.46. The number of hydrogen-bond acceptors (Lipinski definition) is 4. The molecule has 0 unspecified atom stereocenters. The highest BCUT2D eigenvalue weighted by atomic mass is 19.1. The van der Waals surface area contributed by atoms with Gasteiger partial charge in [-0.05, 0) is 43.3 Å². The summed E-state index contributed by atoms with van der Waals surface area (Å²) in [6.07, 6.45) is 3.75. The normalized spacial score (nSPS) is 14.1. The first kappa shape index (κ1) is 19.0. The molecule has 2 aromatic carbocycles. The lowest BCUT2D eigenvalue weighted by atomic mass is 10.2. The van der Waals surface area contributed by atoms with Crippen molar-refractivity contribution in [1.29, 1.82) is 0 Å². The van der Waals surface area contributed by atoms with Crippen molar-refractivity contribution in [2.75, 3.05) is 37.7 Å².